The van der Waals surface area contributed by atoms with Crippen LogP contribution in [0.5, 0.6) is 0 Å². The fourth-order valence-electron chi connectivity index (χ4n) is 7.99. The Labute approximate surface area is 329 Å². The van der Waals surface area contributed by atoms with Crippen molar-refractivity contribution in [2.45, 2.75) is 0 Å². The van der Waals surface area contributed by atoms with Crippen LogP contribution in [0, 0.1) is 0 Å². The van der Waals surface area contributed by atoms with E-state index in [0.717, 1.165) is 92.7 Å². The van der Waals surface area contributed by atoms with Crippen LogP contribution in [-0.2, 0) is 0 Å². The second-order valence-corrected chi connectivity index (χ2v) is 15.3. The molecule has 0 saturated heterocycles. The van der Waals surface area contributed by atoms with Crippen molar-refractivity contribution in [1.29, 1.82) is 0 Å². The van der Waals surface area contributed by atoms with Crippen LogP contribution in [0.25, 0.3) is 121 Å². The first-order valence-electron chi connectivity index (χ1n) is 18.8. The first-order valence-corrected chi connectivity index (χ1v) is 19.6. The van der Waals surface area contributed by atoms with Gasteiger partial charge in [0.05, 0.1) is 0 Å². The molecule has 0 amide bonds. The summed E-state index contributed by atoms with van der Waals surface area (Å²) in [6, 6.07) is 58.2. The number of thiophene rings is 1. The minimum Gasteiger partial charge on any atom is -0.456 e. The molecule has 266 valence electrons. The fourth-order valence-corrected chi connectivity index (χ4v) is 9.11. The lowest BCUT2D eigenvalue weighted by atomic mass is 10.00. The highest BCUT2D eigenvalue weighted by Gasteiger charge is 2.19. The Balaban J connectivity index is 1.03. The highest BCUT2D eigenvalue weighted by molar-refractivity contribution is 7.26. The first-order chi connectivity index (χ1) is 28.2. The Morgan fingerprint density at radius 3 is 1.81 bits per heavy atom. The van der Waals surface area contributed by atoms with Crippen molar-refractivity contribution in [3.05, 3.63) is 170 Å². The number of nitrogens with zero attached hydrogens (tertiary/aromatic N) is 4. The van der Waals surface area contributed by atoms with Gasteiger partial charge in [-0.15, -0.1) is 11.3 Å². The molecule has 0 fully saturated rings. The van der Waals surface area contributed by atoms with Crippen LogP contribution >= 0.6 is 11.3 Å². The number of fused-ring (bicyclic) bond motifs is 10. The third-order valence-corrected chi connectivity index (χ3v) is 11.9. The van der Waals surface area contributed by atoms with E-state index in [4.69, 9.17) is 28.8 Å². The molecule has 0 radical (unpaired) electrons. The smallest absolute Gasteiger partial charge is 0.227 e. The quantitative estimate of drug-likeness (QED) is 0.174. The molecule has 6 nitrogen and oxygen atoms in total. The summed E-state index contributed by atoms with van der Waals surface area (Å²) < 4.78 is 15.0. The van der Waals surface area contributed by atoms with Crippen molar-refractivity contribution in [3.63, 3.8) is 0 Å². The summed E-state index contributed by atoms with van der Waals surface area (Å²) in [6.45, 7) is 0. The average molecular weight is 749 g/mol. The molecular weight excluding hydrogens is 721 g/mol. The third kappa shape index (κ3) is 5.24. The lowest BCUT2D eigenvalue weighted by Crippen LogP contribution is -2.00. The number of aromatic nitrogens is 4. The maximum Gasteiger partial charge on any atom is 0.227 e. The number of benzene rings is 8. The lowest BCUT2D eigenvalue weighted by Gasteiger charge is -2.11. The lowest BCUT2D eigenvalue weighted by molar-refractivity contribution is 0.623. The molecule has 0 spiro atoms. The molecule has 7 heteroatoms. The standard InChI is InChI=1S/C50H28N4O2S/c1-3-10-30(11-4-1)47-52-48(34-15-9-14-32(26-34)33-20-23-41-38(27-33)36-16-7-8-17-40(36)55-41)54-49(53-47)35-19-18-29-21-24-42-44(37(29)28-35)45-43(57-42)25-22-39-46(45)56-50(51-39)31-12-5-2-6-13-31/h1-28H. The number of rotatable bonds is 5. The highest BCUT2D eigenvalue weighted by Crippen LogP contribution is 2.44. The average Bonchev–Trinajstić information content (AvgIpc) is 4.00. The zero-order valence-electron chi connectivity index (χ0n) is 30.2. The van der Waals surface area contributed by atoms with E-state index in [9.17, 15) is 0 Å². The third-order valence-electron chi connectivity index (χ3n) is 10.7. The van der Waals surface area contributed by atoms with Gasteiger partial charge in [-0.25, -0.2) is 19.9 Å². The Morgan fingerprint density at radius 1 is 0.368 bits per heavy atom. The van der Waals surface area contributed by atoms with E-state index in [1.54, 1.807) is 11.3 Å². The first kappa shape index (κ1) is 31.8. The van der Waals surface area contributed by atoms with Crippen LogP contribution in [0.2, 0.25) is 0 Å². The molecule has 57 heavy (non-hydrogen) atoms. The zero-order chi connectivity index (χ0) is 37.5. The van der Waals surface area contributed by atoms with Crippen molar-refractivity contribution < 1.29 is 8.83 Å². The Kier molecular flexibility index (Phi) is 7.00. The van der Waals surface area contributed by atoms with Crippen LogP contribution in [0.1, 0.15) is 0 Å². The highest BCUT2D eigenvalue weighted by atomic mass is 32.1. The molecule has 0 N–H and O–H groups in total. The van der Waals surface area contributed by atoms with Crippen LogP contribution in [0.3, 0.4) is 0 Å². The predicted molar refractivity (Wildman–Crippen MR) is 232 cm³/mol. The molecule has 4 aromatic heterocycles. The summed E-state index contributed by atoms with van der Waals surface area (Å²) in [5.74, 6) is 2.43. The molecule has 0 atom stereocenters. The number of furan rings is 1. The van der Waals surface area contributed by atoms with Crippen molar-refractivity contribution in [1.82, 2.24) is 19.9 Å². The van der Waals surface area contributed by atoms with Crippen molar-refractivity contribution in [2.24, 2.45) is 0 Å². The summed E-state index contributed by atoms with van der Waals surface area (Å²) in [7, 11) is 0. The Hall–Kier alpha value is -7.48. The molecule has 0 aliphatic rings. The number of hydrogen-bond donors (Lipinski definition) is 0. The van der Waals surface area contributed by atoms with Gasteiger partial charge in [0.1, 0.15) is 16.7 Å². The molecule has 4 heterocycles. The molecule has 12 aromatic rings. The molecular formula is C50H28N4O2S. The summed E-state index contributed by atoms with van der Waals surface area (Å²) in [5, 5.41) is 6.64. The summed E-state index contributed by atoms with van der Waals surface area (Å²) in [6.07, 6.45) is 0. The van der Waals surface area contributed by atoms with E-state index < -0.39 is 0 Å². The van der Waals surface area contributed by atoms with E-state index in [0.29, 0.717) is 23.4 Å². The van der Waals surface area contributed by atoms with Crippen LogP contribution in [0.4, 0.5) is 0 Å². The molecule has 0 aliphatic heterocycles. The second-order valence-electron chi connectivity index (χ2n) is 14.2. The minimum atomic E-state index is 0.602. The topological polar surface area (TPSA) is 77.8 Å². The molecule has 8 aromatic carbocycles. The van der Waals surface area contributed by atoms with Gasteiger partial charge in [-0.1, -0.05) is 109 Å². The van der Waals surface area contributed by atoms with Gasteiger partial charge in [0, 0.05) is 53.2 Å². The van der Waals surface area contributed by atoms with E-state index in [1.807, 2.05) is 78.9 Å². The molecule has 0 bridgehead atoms. The second kappa shape index (κ2) is 12.5. The van der Waals surface area contributed by atoms with Gasteiger partial charge in [0.25, 0.3) is 0 Å². The van der Waals surface area contributed by atoms with Crippen LogP contribution in [-0.4, -0.2) is 19.9 Å². The largest absolute Gasteiger partial charge is 0.456 e. The zero-order valence-corrected chi connectivity index (χ0v) is 31.0. The van der Waals surface area contributed by atoms with Gasteiger partial charge in [0.2, 0.25) is 5.89 Å². The van der Waals surface area contributed by atoms with Crippen LogP contribution in [0.15, 0.2) is 179 Å². The van der Waals surface area contributed by atoms with E-state index in [-0.39, 0.29) is 0 Å². The minimum absolute atomic E-state index is 0.602. The van der Waals surface area contributed by atoms with Crippen molar-refractivity contribution in [3.8, 4) is 56.7 Å². The Morgan fingerprint density at radius 2 is 0.965 bits per heavy atom. The molecule has 0 unspecified atom stereocenters. The summed E-state index contributed by atoms with van der Waals surface area (Å²) >= 11 is 1.76. The van der Waals surface area contributed by atoms with Gasteiger partial charge in [-0.2, -0.15) is 0 Å². The van der Waals surface area contributed by atoms with Gasteiger partial charge >= 0.3 is 0 Å². The van der Waals surface area contributed by atoms with Crippen LogP contribution < -0.4 is 0 Å². The van der Waals surface area contributed by atoms with E-state index in [2.05, 4.69) is 91.0 Å². The Bertz CT molecular complexity index is 3530. The van der Waals surface area contributed by atoms with Gasteiger partial charge < -0.3 is 8.83 Å². The van der Waals surface area contributed by atoms with Gasteiger partial charge in [-0.05, 0) is 82.6 Å². The monoisotopic (exact) mass is 748 g/mol. The SMILES string of the molecule is c1ccc(-c2nc(-c3cccc(-c4ccc5oc6ccccc6c5c4)c3)nc(-c3ccc4ccc5sc6ccc7nc(-c8ccccc8)oc7c6c5c4c3)n2)cc1. The van der Waals surface area contributed by atoms with E-state index in [1.165, 1.54) is 4.70 Å². The van der Waals surface area contributed by atoms with Crippen molar-refractivity contribution in [2.75, 3.05) is 0 Å². The van der Waals surface area contributed by atoms with Crippen molar-refractivity contribution >= 4 is 75.3 Å². The summed E-state index contributed by atoms with van der Waals surface area (Å²) in [5.41, 5.74) is 9.22. The number of hydrogen-bond acceptors (Lipinski definition) is 7. The maximum absolute atomic E-state index is 6.56. The normalized spacial score (nSPS) is 11.9. The number of para-hydroxylation sites is 1. The number of oxazole rings is 1. The fraction of sp³-hybridized carbons (Fsp3) is 0. The van der Waals surface area contributed by atoms with Gasteiger partial charge in [0.15, 0.2) is 23.1 Å². The summed E-state index contributed by atoms with van der Waals surface area (Å²) in [4.78, 5) is 20.2. The predicted octanol–water partition coefficient (Wildman–Crippen LogP) is 13.8. The molecule has 12 rings (SSSR count). The molecule has 0 saturated carbocycles. The van der Waals surface area contributed by atoms with Gasteiger partial charge in [-0.3, -0.25) is 0 Å². The van der Waals surface area contributed by atoms with E-state index >= 15 is 0 Å². The molecule has 0 aliphatic carbocycles. The maximum atomic E-state index is 6.56.